The molecule has 0 saturated carbocycles. The summed E-state index contributed by atoms with van der Waals surface area (Å²) in [4.78, 5) is 12.4. The van der Waals surface area contributed by atoms with Crippen molar-refractivity contribution in [2.75, 3.05) is 6.54 Å². The molecular formula is C32H51NO. The zero-order chi connectivity index (χ0) is 25.3. The third-order valence-corrected chi connectivity index (χ3v) is 7.34. The molecule has 2 aliphatic carbocycles. The van der Waals surface area contributed by atoms with Gasteiger partial charge in [0, 0.05) is 30.5 Å². The van der Waals surface area contributed by atoms with E-state index in [1.54, 1.807) is 18.1 Å². The predicted molar refractivity (Wildman–Crippen MR) is 149 cm³/mol. The second-order valence-electron chi connectivity index (χ2n) is 11.5. The Bertz CT molecular complexity index is 848. The molecule has 0 saturated heterocycles. The highest BCUT2D eigenvalue weighted by Gasteiger charge is 2.39. The average Bonchev–Trinajstić information content (AvgIpc) is 2.73. The van der Waals surface area contributed by atoms with E-state index in [4.69, 9.17) is 0 Å². The second kappa shape index (κ2) is 13.3. The van der Waals surface area contributed by atoms with Crippen LogP contribution in [0.5, 0.6) is 0 Å². The molecule has 0 aliphatic heterocycles. The number of rotatable bonds is 14. The van der Waals surface area contributed by atoms with Gasteiger partial charge in [0.05, 0.1) is 0 Å². The molecule has 1 N–H and O–H groups in total. The van der Waals surface area contributed by atoms with Crippen molar-refractivity contribution in [2.24, 2.45) is 17.3 Å². The van der Waals surface area contributed by atoms with E-state index in [1.807, 2.05) is 0 Å². The van der Waals surface area contributed by atoms with Crippen LogP contribution in [0.3, 0.4) is 0 Å². The smallest absolute Gasteiger partial charge is 0.130 e. The van der Waals surface area contributed by atoms with Crippen LogP contribution >= 0.6 is 0 Å². The molecular weight excluding hydrogens is 414 g/mol. The van der Waals surface area contributed by atoms with Crippen molar-refractivity contribution in [1.82, 2.24) is 5.32 Å². The predicted octanol–water partition coefficient (Wildman–Crippen LogP) is 9.02. The zero-order valence-corrected chi connectivity index (χ0v) is 23.3. The molecule has 2 heteroatoms. The number of unbranched alkanes of at least 4 members (excludes halogenated alkanes) is 2. The van der Waals surface area contributed by atoms with Gasteiger partial charge in [-0.1, -0.05) is 74.1 Å². The van der Waals surface area contributed by atoms with E-state index in [1.165, 1.54) is 41.7 Å². The van der Waals surface area contributed by atoms with Crippen molar-refractivity contribution in [3.8, 4) is 0 Å². The minimum absolute atomic E-state index is 0.126. The highest BCUT2D eigenvalue weighted by molar-refractivity contribution is 5.77. The zero-order valence-electron chi connectivity index (χ0n) is 23.3. The lowest BCUT2D eigenvalue weighted by Gasteiger charge is -2.43. The Morgan fingerprint density at radius 3 is 2.47 bits per heavy atom. The second-order valence-corrected chi connectivity index (χ2v) is 11.5. The fourth-order valence-corrected chi connectivity index (χ4v) is 5.78. The molecule has 190 valence electrons. The third-order valence-electron chi connectivity index (χ3n) is 7.34. The Morgan fingerprint density at radius 2 is 1.88 bits per heavy atom. The maximum absolute atomic E-state index is 12.4. The summed E-state index contributed by atoms with van der Waals surface area (Å²) in [6, 6.07) is 0. The Balaban J connectivity index is 2.56. The Kier molecular flexibility index (Phi) is 11.1. The van der Waals surface area contributed by atoms with Crippen LogP contribution in [0.1, 0.15) is 113 Å². The molecule has 0 fully saturated rings. The fourth-order valence-electron chi connectivity index (χ4n) is 5.78. The van der Waals surface area contributed by atoms with Gasteiger partial charge < -0.3 is 5.32 Å². The molecule has 3 unspecified atom stereocenters. The van der Waals surface area contributed by atoms with Crippen LogP contribution in [0, 0.1) is 17.3 Å². The maximum atomic E-state index is 12.4. The quantitative estimate of drug-likeness (QED) is 0.205. The molecule has 0 heterocycles. The van der Waals surface area contributed by atoms with E-state index in [0.29, 0.717) is 12.3 Å². The van der Waals surface area contributed by atoms with Crippen LogP contribution in [0.2, 0.25) is 0 Å². The topological polar surface area (TPSA) is 29.1 Å². The van der Waals surface area contributed by atoms with Gasteiger partial charge in [-0.2, -0.15) is 0 Å². The van der Waals surface area contributed by atoms with Crippen molar-refractivity contribution in [2.45, 2.75) is 113 Å². The van der Waals surface area contributed by atoms with Crippen molar-refractivity contribution in [3.05, 3.63) is 58.4 Å². The van der Waals surface area contributed by atoms with Crippen LogP contribution < -0.4 is 5.32 Å². The Labute approximate surface area is 210 Å². The first-order chi connectivity index (χ1) is 16.1. The van der Waals surface area contributed by atoms with E-state index >= 15 is 0 Å². The SMILES string of the molecule is C=C(C)CC1C(CCCCC)=CC(CC(C)=O)C2=C1CC(C)(CCC=C(C)C)C=C2NCCC. The fraction of sp³-hybridized carbons (Fsp3) is 0.656. The Morgan fingerprint density at radius 1 is 1.15 bits per heavy atom. The van der Waals surface area contributed by atoms with Crippen LogP contribution in [-0.2, 0) is 4.79 Å². The van der Waals surface area contributed by atoms with Gasteiger partial charge in [0.2, 0.25) is 0 Å². The van der Waals surface area contributed by atoms with Crippen molar-refractivity contribution < 1.29 is 4.79 Å². The van der Waals surface area contributed by atoms with Gasteiger partial charge in [0.15, 0.2) is 0 Å². The summed E-state index contributed by atoms with van der Waals surface area (Å²) >= 11 is 0. The van der Waals surface area contributed by atoms with Gasteiger partial charge in [-0.05, 0) is 83.6 Å². The summed E-state index contributed by atoms with van der Waals surface area (Å²) in [5.41, 5.74) is 8.65. The van der Waals surface area contributed by atoms with Crippen LogP contribution in [-0.4, -0.2) is 12.3 Å². The molecule has 3 atom stereocenters. The normalized spacial score (nSPS) is 24.2. The number of hydrogen-bond donors (Lipinski definition) is 1. The number of carbonyl (C=O) groups excluding carboxylic acids is 1. The number of allylic oxidation sites excluding steroid dienone is 8. The highest BCUT2D eigenvalue weighted by atomic mass is 16.1. The number of Topliss-reactive ketones (excluding diaryl/α,β-unsaturated/α-hetero) is 1. The Hall–Kier alpha value is -1.83. The molecule has 2 rings (SSSR count). The summed E-state index contributed by atoms with van der Waals surface area (Å²) < 4.78 is 0. The van der Waals surface area contributed by atoms with Gasteiger partial charge in [0.1, 0.15) is 5.78 Å². The van der Waals surface area contributed by atoms with Crippen molar-refractivity contribution in [3.63, 3.8) is 0 Å². The maximum Gasteiger partial charge on any atom is 0.130 e. The van der Waals surface area contributed by atoms with Gasteiger partial charge in [0.25, 0.3) is 0 Å². The lowest BCUT2D eigenvalue weighted by Crippen LogP contribution is -2.34. The summed E-state index contributed by atoms with van der Waals surface area (Å²) in [6.07, 6.45) is 18.3. The van der Waals surface area contributed by atoms with Crippen molar-refractivity contribution >= 4 is 5.78 Å². The van der Waals surface area contributed by atoms with Crippen LogP contribution in [0.25, 0.3) is 0 Å². The lowest BCUT2D eigenvalue weighted by molar-refractivity contribution is -0.117. The minimum Gasteiger partial charge on any atom is -0.385 e. The summed E-state index contributed by atoms with van der Waals surface area (Å²) in [5, 5.41) is 3.79. The molecule has 2 nitrogen and oxygen atoms in total. The van der Waals surface area contributed by atoms with Crippen LogP contribution in [0.4, 0.5) is 0 Å². The van der Waals surface area contributed by atoms with Crippen LogP contribution in [0.15, 0.2) is 58.4 Å². The van der Waals surface area contributed by atoms with E-state index in [0.717, 1.165) is 45.1 Å². The molecule has 0 bridgehead atoms. The number of ketones is 1. The van der Waals surface area contributed by atoms with Gasteiger partial charge >= 0.3 is 0 Å². The lowest BCUT2D eigenvalue weighted by atomic mass is 9.63. The summed E-state index contributed by atoms with van der Waals surface area (Å²) in [6.45, 7) is 20.5. The van der Waals surface area contributed by atoms with E-state index in [-0.39, 0.29) is 17.1 Å². The summed E-state index contributed by atoms with van der Waals surface area (Å²) in [7, 11) is 0. The first-order valence-corrected chi connectivity index (χ1v) is 13.8. The highest BCUT2D eigenvalue weighted by Crippen LogP contribution is 2.51. The van der Waals surface area contributed by atoms with E-state index in [2.05, 4.69) is 71.7 Å². The van der Waals surface area contributed by atoms with E-state index < -0.39 is 0 Å². The standard InChI is InChI=1S/C32H51NO/c1-9-11-12-15-26-20-27(19-25(7)34)31-29(28(26)18-24(5)6)21-32(8,16-13-14-23(3)4)22-30(31)33-17-10-2/h14,20,22,27-28,33H,5,9-13,15-19,21H2,1-4,6-8H3. The molecule has 0 aromatic carbocycles. The van der Waals surface area contributed by atoms with Crippen molar-refractivity contribution in [1.29, 1.82) is 0 Å². The summed E-state index contributed by atoms with van der Waals surface area (Å²) in [5.74, 6) is 0.914. The minimum atomic E-state index is 0.126. The van der Waals surface area contributed by atoms with Gasteiger partial charge in [-0.15, -0.1) is 6.58 Å². The molecule has 0 amide bonds. The number of hydrogen-bond acceptors (Lipinski definition) is 2. The molecule has 0 spiro atoms. The molecule has 0 radical (unpaired) electrons. The van der Waals surface area contributed by atoms with Gasteiger partial charge in [-0.25, -0.2) is 0 Å². The number of nitrogens with one attached hydrogen (secondary N) is 1. The molecule has 0 aromatic heterocycles. The first kappa shape index (κ1) is 28.4. The van der Waals surface area contributed by atoms with Gasteiger partial charge in [-0.3, -0.25) is 4.79 Å². The first-order valence-electron chi connectivity index (χ1n) is 13.8. The molecule has 0 aromatic rings. The molecule has 34 heavy (non-hydrogen) atoms. The largest absolute Gasteiger partial charge is 0.385 e. The number of carbonyl (C=O) groups is 1. The molecule has 2 aliphatic rings. The monoisotopic (exact) mass is 465 g/mol. The average molecular weight is 466 g/mol. The third kappa shape index (κ3) is 8.14. The van der Waals surface area contributed by atoms with E-state index in [9.17, 15) is 4.79 Å².